The van der Waals surface area contributed by atoms with Gasteiger partial charge in [0.2, 0.25) is 0 Å². The second-order valence-corrected chi connectivity index (χ2v) is 3.91. The molecule has 1 atom stereocenters. The van der Waals surface area contributed by atoms with E-state index in [1.807, 2.05) is 6.92 Å². The van der Waals surface area contributed by atoms with Crippen molar-refractivity contribution < 1.29 is 19.4 Å². The fourth-order valence-electron chi connectivity index (χ4n) is 1.42. The highest BCUT2D eigenvalue weighted by Gasteiger charge is 2.09. The van der Waals surface area contributed by atoms with Gasteiger partial charge in [-0.3, -0.25) is 0 Å². The van der Waals surface area contributed by atoms with Crippen LogP contribution < -0.4 is 5.32 Å². The minimum Gasteiger partial charge on any atom is -0.478 e. The Morgan fingerprint density at radius 2 is 2.24 bits per heavy atom. The van der Waals surface area contributed by atoms with E-state index in [2.05, 4.69) is 5.32 Å². The first-order valence-corrected chi connectivity index (χ1v) is 5.40. The van der Waals surface area contributed by atoms with Crippen LogP contribution in [0.25, 0.3) is 0 Å². The standard InChI is InChI=1S/C12H16FNO3/c1-8(4-5-15)14-7-10-6-9(12(16)17)2-3-11(10)13/h2-3,6,8,14-15H,4-5,7H2,1H3,(H,16,17). The highest BCUT2D eigenvalue weighted by molar-refractivity contribution is 5.87. The molecule has 94 valence electrons. The molecule has 0 aromatic heterocycles. The molecule has 0 fully saturated rings. The summed E-state index contributed by atoms with van der Waals surface area (Å²) in [5, 5.41) is 20.5. The molecule has 5 heteroatoms. The van der Waals surface area contributed by atoms with Crippen LogP contribution in [0.3, 0.4) is 0 Å². The molecule has 0 bridgehead atoms. The van der Waals surface area contributed by atoms with Gasteiger partial charge in [0.25, 0.3) is 0 Å². The van der Waals surface area contributed by atoms with E-state index in [4.69, 9.17) is 10.2 Å². The number of halogens is 1. The number of carbonyl (C=O) groups is 1. The van der Waals surface area contributed by atoms with E-state index in [1.54, 1.807) is 0 Å². The van der Waals surface area contributed by atoms with Crippen LogP contribution in [-0.2, 0) is 6.54 Å². The number of rotatable bonds is 6. The first-order valence-electron chi connectivity index (χ1n) is 5.40. The van der Waals surface area contributed by atoms with E-state index in [0.717, 1.165) is 6.07 Å². The van der Waals surface area contributed by atoms with Crippen LogP contribution in [0.2, 0.25) is 0 Å². The third-order valence-electron chi connectivity index (χ3n) is 2.50. The molecule has 0 aliphatic heterocycles. The molecule has 4 nitrogen and oxygen atoms in total. The summed E-state index contributed by atoms with van der Waals surface area (Å²) in [6, 6.07) is 3.75. The lowest BCUT2D eigenvalue weighted by Crippen LogP contribution is -2.26. The molecule has 0 amide bonds. The zero-order valence-electron chi connectivity index (χ0n) is 9.61. The minimum absolute atomic E-state index is 0.0490. The zero-order valence-corrected chi connectivity index (χ0v) is 9.61. The Labute approximate surface area is 99.1 Å². The Balaban J connectivity index is 2.69. The molecule has 0 heterocycles. The third kappa shape index (κ3) is 4.13. The van der Waals surface area contributed by atoms with Gasteiger partial charge in [-0.2, -0.15) is 0 Å². The lowest BCUT2D eigenvalue weighted by atomic mass is 10.1. The monoisotopic (exact) mass is 241 g/mol. The zero-order chi connectivity index (χ0) is 12.8. The third-order valence-corrected chi connectivity index (χ3v) is 2.50. The molecule has 0 spiro atoms. The highest BCUT2D eigenvalue weighted by atomic mass is 19.1. The number of hydrogen-bond donors (Lipinski definition) is 3. The molecule has 0 aliphatic carbocycles. The van der Waals surface area contributed by atoms with Crippen molar-refractivity contribution in [2.45, 2.75) is 25.9 Å². The van der Waals surface area contributed by atoms with E-state index >= 15 is 0 Å². The largest absolute Gasteiger partial charge is 0.478 e. The quantitative estimate of drug-likeness (QED) is 0.704. The summed E-state index contributed by atoms with van der Waals surface area (Å²) in [6.45, 7) is 2.18. The predicted molar refractivity (Wildman–Crippen MR) is 61.4 cm³/mol. The minimum atomic E-state index is -1.07. The van der Waals surface area contributed by atoms with Gasteiger partial charge in [0.1, 0.15) is 5.82 Å². The molecule has 3 N–H and O–H groups in total. The van der Waals surface area contributed by atoms with E-state index in [1.165, 1.54) is 12.1 Å². The molecule has 0 saturated heterocycles. The van der Waals surface area contributed by atoms with Crippen LogP contribution in [0.1, 0.15) is 29.3 Å². The second-order valence-electron chi connectivity index (χ2n) is 3.91. The fraction of sp³-hybridized carbons (Fsp3) is 0.417. The van der Waals surface area contributed by atoms with E-state index in [0.29, 0.717) is 12.0 Å². The van der Waals surface area contributed by atoms with Gasteiger partial charge < -0.3 is 15.5 Å². The van der Waals surface area contributed by atoms with Gasteiger partial charge in [-0.1, -0.05) is 0 Å². The second kappa shape index (κ2) is 6.32. The van der Waals surface area contributed by atoms with Gasteiger partial charge in [-0.15, -0.1) is 0 Å². The number of aromatic carboxylic acids is 1. The number of carboxylic acid groups (broad SMARTS) is 1. The first-order chi connectivity index (χ1) is 8.04. The van der Waals surface area contributed by atoms with Crippen molar-refractivity contribution in [3.63, 3.8) is 0 Å². The highest BCUT2D eigenvalue weighted by Crippen LogP contribution is 2.11. The predicted octanol–water partition coefficient (Wildman–Crippen LogP) is 1.38. The normalized spacial score (nSPS) is 12.4. The summed E-state index contributed by atoms with van der Waals surface area (Å²) in [6.07, 6.45) is 0.570. The Morgan fingerprint density at radius 3 is 2.82 bits per heavy atom. The number of carboxylic acids is 1. The van der Waals surface area contributed by atoms with Crippen molar-refractivity contribution in [3.05, 3.63) is 35.1 Å². The number of benzene rings is 1. The lowest BCUT2D eigenvalue weighted by Gasteiger charge is -2.13. The SMILES string of the molecule is CC(CCO)NCc1cc(C(=O)O)ccc1F. The van der Waals surface area contributed by atoms with Gasteiger partial charge in [0.15, 0.2) is 0 Å². The molecule has 1 rings (SSSR count). The Kier molecular flexibility index (Phi) is 5.06. The lowest BCUT2D eigenvalue weighted by molar-refractivity contribution is 0.0696. The van der Waals surface area contributed by atoms with Crippen molar-refractivity contribution in [3.8, 4) is 0 Å². The number of aliphatic hydroxyl groups excluding tert-OH is 1. The molecule has 17 heavy (non-hydrogen) atoms. The maximum absolute atomic E-state index is 13.4. The fourth-order valence-corrected chi connectivity index (χ4v) is 1.42. The van der Waals surface area contributed by atoms with Gasteiger partial charge in [-0.05, 0) is 31.5 Å². The van der Waals surface area contributed by atoms with Gasteiger partial charge in [0.05, 0.1) is 5.56 Å². The molecule has 1 aromatic carbocycles. The van der Waals surface area contributed by atoms with Crippen LogP contribution in [0.15, 0.2) is 18.2 Å². The van der Waals surface area contributed by atoms with Crippen LogP contribution >= 0.6 is 0 Å². The van der Waals surface area contributed by atoms with Gasteiger partial charge >= 0.3 is 5.97 Å². The Bertz CT molecular complexity index is 395. The van der Waals surface area contributed by atoms with Crippen molar-refractivity contribution in [1.29, 1.82) is 0 Å². The molecule has 1 unspecified atom stereocenters. The van der Waals surface area contributed by atoms with Crippen molar-refractivity contribution in [2.75, 3.05) is 6.61 Å². The van der Waals surface area contributed by atoms with E-state index in [-0.39, 0.29) is 24.8 Å². The first kappa shape index (κ1) is 13.6. The smallest absolute Gasteiger partial charge is 0.335 e. The maximum atomic E-state index is 13.4. The summed E-state index contributed by atoms with van der Waals surface area (Å²) >= 11 is 0. The summed E-state index contributed by atoms with van der Waals surface area (Å²) in [5.41, 5.74) is 0.382. The number of nitrogens with one attached hydrogen (secondary N) is 1. The molecule has 1 aromatic rings. The Hall–Kier alpha value is -1.46. The van der Waals surface area contributed by atoms with Crippen LogP contribution in [0, 0.1) is 5.82 Å². The number of hydrogen-bond acceptors (Lipinski definition) is 3. The molecule has 0 radical (unpaired) electrons. The Morgan fingerprint density at radius 1 is 1.53 bits per heavy atom. The summed E-state index contributed by atoms with van der Waals surface area (Å²) in [5.74, 6) is -1.51. The molecular formula is C12H16FNO3. The van der Waals surface area contributed by atoms with Crippen molar-refractivity contribution in [2.24, 2.45) is 0 Å². The van der Waals surface area contributed by atoms with Crippen molar-refractivity contribution >= 4 is 5.97 Å². The molecular weight excluding hydrogens is 225 g/mol. The van der Waals surface area contributed by atoms with Gasteiger partial charge in [0, 0.05) is 24.8 Å². The summed E-state index contributed by atoms with van der Waals surface area (Å²) < 4.78 is 13.4. The van der Waals surface area contributed by atoms with E-state index < -0.39 is 11.8 Å². The van der Waals surface area contributed by atoms with E-state index in [9.17, 15) is 9.18 Å². The van der Waals surface area contributed by atoms with Crippen LogP contribution in [0.5, 0.6) is 0 Å². The summed E-state index contributed by atoms with van der Waals surface area (Å²) in [7, 11) is 0. The average molecular weight is 241 g/mol. The molecule has 0 saturated carbocycles. The topological polar surface area (TPSA) is 69.6 Å². The van der Waals surface area contributed by atoms with Crippen molar-refractivity contribution in [1.82, 2.24) is 5.32 Å². The maximum Gasteiger partial charge on any atom is 0.335 e. The average Bonchev–Trinajstić information content (AvgIpc) is 2.28. The van der Waals surface area contributed by atoms with Crippen LogP contribution in [-0.4, -0.2) is 28.8 Å². The number of aliphatic hydroxyl groups is 1. The van der Waals surface area contributed by atoms with Crippen LogP contribution in [0.4, 0.5) is 4.39 Å². The molecule has 0 aliphatic rings. The van der Waals surface area contributed by atoms with Gasteiger partial charge in [-0.25, -0.2) is 9.18 Å². The summed E-state index contributed by atoms with van der Waals surface area (Å²) in [4.78, 5) is 10.7.